The minimum absolute atomic E-state index is 0.685. The topological polar surface area (TPSA) is 67.1 Å². The summed E-state index contributed by atoms with van der Waals surface area (Å²) in [5.41, 5.74) is 7.74. The number of nitrogens with zero attached hydrogens (tertiary/aromatic N) is 4. The second-order valence-corrected chi connectivity index (χ2v) is 7.29. The van der Waals surface area contributed by atoms with Gasteiger partial charge in [-0.05, 0) is 28.1 Å². The van der Waals surface area contributed by atoms with Crippen LogP contribution in [0.2, 0.25) is 0 Å². The monoisotopic (exact) mass is 386 g/mol. The third-order valence-corrected chi connectivity index (χ3v) is 5.05. The molecule has 6 nitrogen and oxygen atoms in total. The Bertz CT molecular complexity index is 1020. The van der Waals surface area contributed by atoms with E-state index in [9.17, 15) is 0 Å². The van der Waals surface area contributed by atoms with Crippen molar-refractivity contribution in [1.82, 2.24) is 25.2 Å². The number of hydrogen-bond donors (Lipinski definition) is 2. The third kappa shape index (κ3) is 2.55. The van der Waals surface area contributed by atoms with E-state index in [1.807, 2.05) is 36.4 Å². The summed E-state index contributed by atoms with van der Waals surface area (Å²) in [5, 5.41) is 14.5. The molecule has 0 aliphatic heterocycles. The first-order valence-corrected chi connectivity index (χ1v) is 8.39. The van der Waals surface area contributed by atoms with Crippen LogP contribution in [0.1, 0.15) is 4.88 Å². The van der Waals surface area contributed by atoms with E-state index in [4.69, 9.17) is 0 Å². The maximum Gasteiger partial charge on any atom is 0.185 e. The summed E-state index contributed by atoms with van der Waals surface area (Å²) >= 11 is 5.06. The van der Waals surface area contributed by atoms with Crippen LogP contribution >= 0.6 is 27.3 Å². The van der Waals surface area contributed by atoms with Gasteiger partial charge in [0.05, 0.1) is 14.4 Å². The molecule has 0 spiro atoms. The van der Waals surface area contributed by atoms with E-state index in [2.05, 4.69) is 48.7 Å². The number of nitrogens with one attached hydrogen (secondary N) is 2. The highest BCUT2D eigenvalue weighted by Crippen LogP contribution is 2.27. The van der Waals surface area contributed by atoms with Crippen molar-refractivity contribution in [2.75, 3.05) is 5.43 Å². The Morgan fingerprint density at radius 2 is 2.00 bits per heavy atom. The molecule has 2 N–H and O–H groups in total. The molecular formula is C15H11BrN6S. The van der Waals surface area contributed by atoms with Gasteiger partial charge in [0, 0.05) is 10.8 Å². The van der Waals surface area contributed by atoms with Crippen LogP contribution in [0.3, 0.4) is 0 Å². The smallest absolute Gasteiger partial charge is 0.185 e. The van der Waals surface area contributed by atoms with E-state index in [0.717, 1.165) is 30.8 Å². The summed E-state index contributed by atoms with van der Waals surface area (Å²) in [4.78, 5) is 1.04. The predicted octanol–water partition coefficient (Wildman–Crippen LogP) is 3.69. The second-order valence-electron chi connectivity index (χ2n) is 4.83. The van der Waals surface area contributed by atoms with Crippen molar-refractivity contribution in [3.05, 3.63) is 58.0 Å². The van der Waals surface area contributed by atoms with Crippen LogP contribution in [0.15, 0.2) is 53.1 Å². The molecule has 3 aromatic heterocycles. The van der Waals surface area contributed by atoms with E-state index in [1.54, 1.807) is 22.2 Å². The normalized spacial score (nSPS) is 11.0. The van der Waals surface area contributed by atoms with Gasteiger partial charge in [0.2, 0.25) is 0 Å². The van der Waals surface area contributed by atoms with Gasteiger partial charge >= 0.3 is 0 Å². The molecule has 0 fully saturated rings. The number of aromatic nitrogens is 4. The first-order valence-electron chi connectivity index (χ1n) is 6.78. The lowest BCUT2D eigenvalue weighted by atomic mass is 10.2. The number of benzene rings is 1. The van der Waals surface area contributed by atoms with Crippen LogP contribution < -0.4 is 10.9 Å². The van der Waals surface area contributed by atoms with Gasteiger partial charge in [-0.25, -0.2) is 0 Å². The average Bonchev–Trinajstić information content (AvgIpc) is 3.21. The molecule has 114 valence electrons. The van der Waals surface area contributed by atoms with Crippen molar-refractivity contribution in [1.29, 1.82) is 0 Å². The second kappa shape index (κ2) is 5.64. The number of hydrazine groups is 1. The quantitative estimate of drug-likeness (QED) is 0.523. The molecule has 0 saturated carbocycles. The van der Waals surface area contributed by atoms with E-state index >= 15 is 0 Å². The van der Waals surface area contributed by atoms with E-state index < -0.39 is 0 Å². The Labute approximate surface area is 144 Å². The van der Waals surface area contributed by atoms with Crippen LogP contribution in [0.25, 0.3) is 22.1 Å². The van der Waals surface area contributed by atoms with E-state index in [1.165, 1.54) is 0 Å². The average molecular weight is 387 g/mol. The highest BCUT2D eigenvalue weighted by molar-refractivity contribution is 9.11. The molecule has 0 aliphatic carbocycles. The van der Waals surface area contributed by atoms with Crippen LogP contribution in [0.5, 0.6) is 0 Å². The number of halogens is 1. The van der Waals surface area contributed by atoms with Gasteiger partial charge in [0.15, 0.2) is 11.5 Å². The Morgan fingerprint density at radius 3 is 2.78 bits per heavy atom. The molecule has 0 atom stereocenters. The van der Waals surface area contributed by atoms with Gasteiger partial charge < -0.3 is 0 Å². The molecular weight excluding hydrogens is 376 g/mol. The molecule has 0 bridgehead atoms. The fourth-order valence-corrected chi connectivity index (χ4v) is 3.60. The molecule has 0 aliphatic rings. The largest absolute Gasteiger partial charge is 0.299 e. The van der Waals surface area contributed by atoms with Gasteiger partial charge in [-0.2, -0.15) is 4.52 Å². The van der Waals surface area contributed by atoms with E-state index in [0.29, 0.717) is 5.82 Å². The first kappa shape index (κ1) is 14.2. The Morgan fingerprint density at radius 1 is 1.17 bits per heavy atom. The number of fused-ring (bicyclic) bond motifs is 3. The zero-order valence-corrected chi connectivity index (χ0v) is 14.2. The number of rotatable bonds is 4. The first-order chi connectivity index (χ1) is 11.2. The van der Waals surface area contributed by atoms with Crippen LogP contribution in [0, 0.1) is 0 Å². The summed E-state index contributed by atoms with van der Waals surface area (Å²) in [5.74, 6) is 0.685. The molecule has 4 rings (SSSR count). The van der Waals surface area contributed by atoms with Crippen molar-refractivity contribution in [2.45, 2.75) is 0 Å². The van der Waals surface area contributed by atoms with Crippen molar-refractivity contribution in [3.63, 3.8) is 0 Å². The van der Waals surface area contributed by atoms with Gasteiger partial charge in [0.1, 0.15) is 6.33 Å². The molecule has 0 saturated heterocycles. The van der Waals surface area contributed by atoms with Crippen molar-refractivity contribution in [2.24, 2.45) is 0 Å². The van der Waals surface area contributed by atoms with Gasteiger partial charge in [-0.3, -0.25) is 10.9 Å². The van der Waals surface area contributed by atoms with Crippen LogP contribution in [-0.2, 0) is 0 Å². The summed E-state index contributed by atoms with van der Waals surface area (Å²) < 4.78 is 2.71. The van der Waals surface area contributed by atoms with Crippen molar-refractivity contribution in [3.8, 4) is 0 Å². The maximum atomic E-state index is 4.51. The molecule has 23 heavy (non-hydrogen) atoms. The zero-order chi connectivity index (χ0) is 15.8. The van der Waals surface area contributed by atoms with Gasteiger partial charge in [-0.1, -0.05) is 30.8 Å². The van der Waals surface area contributed by atoms with Crippen molar-refractivity contribution >= 4 is 55.2 Å². The Hall–Kier alpha value is -2.45. The Balaban J connectivity index is 1.69. The zero-order valence-electron chi connectivity index (χ0n) is 11.8. The lowest BCUT2D eigenvalue weighted by Gasteiger charge is -2.12. The molecule has 8 heteroatoms. The van der Waals surface area contributed by atoms with E-state index in [-0.39, 0.29) is 0 Å². The maximum absolute atomic E-state index is 4.51. The number of hydrogen-bond acceptors (Lipinski definition) is 6. The van der Waals surface area contributed by atoms with Crippen molar-refractivity contribution < 1.29 is 0 Å². The van der Waals surface area contributed by atoms with Crippen LogP contribution in [-0.4, -0.2) is 19.8 Å². The standard InChI is InChI=1S/C15H11BrN6S/c1-9(12-6-7-13(16)23-12)18-19-14-10-4-2-3-5-11(10)15-20-17-8-22(15)21-14/h2-8,18H,1H2,(H,19,21). The fourth-order valence-electron chi connectivity index (χ4n) is 2.29. The Kier molecular flexibility index (Phi) is 3.47. The minimum atomic E-state index is 0.685. The SMILES string of the molecule is C=C(NNc1nn2cnnc2c2ccccc12)c1ccc(Br)s1. The minimum Gasteiger partial charge on any atom is -0.299 e. The van der Waals surface area contributed by atoms with Gasteiger partial charge in [0.25, 0.3) is 0 Å². The lowest BCUT2D eigenvalue weighted by molar-refractivity contribution is 0.918. The summed E-state index contributed by atoms with van der Waals surface area (Å²) in [7, 11) is 0. The van der Waals surface area contributed by atoms with Crippen LogP contribution in [0.4, 0.5) is 5.82 Å². The van der Waals surface area contributed by atoms with Gasteiger partial charge in [-0.15, -0.1) is 26.6 Å². The molecule has 3 heterocycles. The number of anilines is 1. The summed E-state index contributed by atoms with van der Waals surface area (Å²) in [6.07, 6.45) is 1.58. The highest BCUT2D eigenvalue weighted by Gasteiger charge is 2.10. The third-order valence-electron chi connectivity index (χ3n) is 3.36. The number of thiophene rings is 1. The summed E-state index contributed by atoms with van der Waals surface area (Å²) in [6, 6.07) is 11.9. The molecule has 4 aromatic rings. The molecule has 0 unspecified atom stereocenters. The molecule has 0 amide bonds. The molecule has 1 aromatic carbocycles. The predicted molar refractivity (Wildman–Crippen MR) is 96.1 cm³/mol. The fraction of sp³-hybridized carbons (Fsp3) is 0. The summed E-state index contributed by atoms with van der Waals surface area (Å²) in [6.45, 7) is 4.04. The molecule has 0 radical (unpaired) electrons. The lowest BCUT2D eigenvalue weighted by Crippen LogP contribution is -2.20. The highest BCUT2D eigenvalue weighted by atomic mass is 79.9.